The van der Waals surface area contributed by atoms with E-state index in [2.05, 4.69) is 10.2 Å². The summed E-state index contributed by atoms with van der Waals surface area (Å²) in [6, 6.07) is 4.71. The molecule has 0 aromatic heterocycles. The summed E-state index contributed by atoms with van der Waals surface area (Å²) in [5, 5.41) is 3.37. The fraction of sp³-hybridized carbons (Fsp3) is 0.647. The van der Waals surface area contributed by atoms with E-state index >= 15 is 0 Å². The van der Waals surface area contributed by atoms with Crippen molar-refractivity contribution in [1.29, 1.82) is 0 Å². The molecule has 1 aromatic carbocycles. The molecular formula is C17H26Cl2F2N2. The number of piperazine rings is 1. The number of hydrogen-bond donors (Lipinski definition) is 1. The van der Waals surface area contributed by atoms with Gasteiger partial charge < -0.3 is 5.32 Å². The van der Waals surface area contributed by atoms with E-state index in [1.54, 1.807) is 6.07 Å². The molecule has 1 aromatic rings. The van der Waals surface area contributed by atoms with Gasteiger partial charge in [-0.15, -0.1) is 24.8 Å². The van der Waals surface area contributed by atoms with Crippen molar-refractivity contribution < 1.29 is 8.78 Å². The lowest BCUT2D eigenvalue weighted by Gasteiger charge is -2.41. The van der Waals surface area contributed by atoms with Gasteiger partial charge in [-0.05, 0) is 36.5 Å². The topological polar surface area (TPSA) is 15.3 Å². The molecule has 0 amide bonds. The first-order chi connectivity index (χ1) is 10.3. The van der Waals surface area contributed by atoms with Crippen molar-refractivity contribution in [3.8, 4) is 0 Å². The second-order valence-corrected chi connectivity index (χ2v) is 6.30. The lowest BCUT2D eigenvalue weighted by molar-refractivity contribution is 0.103. The average molecular weight is 367 g/mol. The number of rotatable bonds is 3. The summed E-state index contributed by atoms with van der Waals surface area (Å²) in [6.07, 6.45) is 6.23. The summed E-state index contributed by atoms with van der Waals surface area (Å²) in [6.45, 7) is 3.93. The lowest BCUT2D eigenvalue weighted by Crippen LogP contribution is -2.47. The summed E-state index contributed by atoms with van der Waals surface area (Å²) in [4.78, 5) is 2.46. The van der Waals surface area contributed by atoms with Gasteiger partial charge in [-0.1, -0.05) is 25.3 Å². The zero-order chi connectivity index (χ0) is 14.7. The lowest BCUT2D eigenvalue weighted by atomic mass is 9.80. The van der Waals surface area contributed by atoms with E-state index in [1.165, 1.54) is 44.2 Å². The third kappa shape index (κ3) is 5.02. The maximum atomic E-state index is 13.7. The van der Waals surface area contributed by atoms with Gasteiger partial charge in [0.05, 0.1) is 0 Å². The van der Waals surface area contributed by atoms with Crippen LogP contribution < -0.4 is 5.32 Å². The van der Waals surface area contributed by atoms with Crippen LogP contribution >= 0.6 is 24.8 Å². The standard InChI is InChI=1S/C17H24F2N2.2ClH/c18-15-7-6-14(12-16(15)19)17(13-4-2-1-3-5-13)21-10-8-20-9-11-21;;/h6-7,12-13,17,20H,1-5,8-11H2;2*1H/t17-;;/m1../s1. The Labute approximate surface area is 149 Å². The van der Waals surface area contributed by atoms with Crippen molar-refractivity contribution in [3.05, 3.63) is 35.4 Å². The highest BCUT2D eigenvalue weighted by Gasteiger charge is 2.31. The van der Waals surface area contributed by atoms with Crippen LogP contribution in [0.15, 0.2) is 18.2 Å². The maximum absolute atomic E-state index is 13.7. The van der Waals surface area contributed by atoms with E-state index in [1.807, 2.05) is 0 Å². The van der Waals surface area contributed by atoms with E-state index in [9.17, 15) is 8.78 Å². The fourth-order valence-electron chi connectivity index (χ4n) is 3.89. The molecule has 2 fully saturated rings. The maximum Gasteiger partial charge on any atom is 0.159 e. The fourth-order valence-corrected chi connectivity index (χ4v) is 3.89. The van der Waals surface area contributed by atoms with Crippen LogP contribution in [0.1, 0.15) is 43.7 Å². The summed E-state index contributed by atoms with van der Waals surface area (Å²) in [5.74, 6) is -0.897. The SMILES string of the molecule is Cl.Cl.Fc1ccc([C@@H](C2CCCCC2)N2CCNCC2)cc1F. The van der Waals surface area contributed by atoms with Gasteiger partial charge in [0, 0.05) is 32.2 Å². The van der Waals surface area contributed by atoms with Gasteiger partial charge in [0.15, 0.2) is 11.6 Å². The first-order valence-corrected chi connectivity index (χ1v) is 8.15. The predicted molar refractivity (Wildman–Crippen MR) is 94.6 cm³/mol. The molecule has 1 atom stereocenters. The molecule has 6 heteroatoms. The average Bonchev–Trinajstić information content (AvgIpc) is 2.53. The van der Waals surface area contributed by atoms with Crippen LogP contribution in [-0.2, 0) is 0 Å². The number of benzene rings is 1. The highest BCUT2D eigenvalue weighted by Crippen LogP contribution is 2.38. The van der Waals surface area contributed by atoms with E-state index in [-0.39, 0.29) is 30.9 Å². The van der Waals surface area contributed by atoms with Gasteiger partial charge in [-0.2, -0.15) is 0 Å². The minimum absolute atomic E-state index is 0. The van der Waals surface area contributed by atoms with E-state index < -0.39 is 11.6 Å². The zero-order valence-electron chi connectivity index (χ0n) is 13.3. The quantitative estimate of drug-likeness (QED) is 0.855. The van der Waals surface area contributed by atoms with Gasteiger partial charge in [0.1, 0.15) is 0 Å². The molecule has 2 nitrogen and oxygen atoms in total. The third-order valence-electron chi connectivity index (χ3n) is 4.93. The molecule has 1 heterocycles. The number of hydrogen-bond acceptors (Lipinski definition) is 2. The van der Waals surface area contributed by atoms with Crippen LogP contribution in [0.5, 0.6) is 0 Å². The molecule has 3 rings (SSSR count). The smallest absolute Gasteiger partial charge is 0.159 e. The van der Waals surface area contributed by atoms with Gasteiger partial charge >= 0.3 is 0 Å². The highest BCUT2D eigenvalue weighted by atomic mass is 35.5. The molecule has 0 unspecified atom stereocenters. The Balaban J connectivity index is 0.00000132. The third-order valence-corrected chi connectivity index (χ3v) is 4.93. The van der Waals surface area contributed by atoms with Crippen LogP contribution in [0.25, 0.3) is 0 Å². The van der Waals surface area contributed by atoms with Gasteiger partial charge in [-0.25, -0.2) is 8.78 Å². The van der Waals surface area contributed by atoms with Crippen LogP contribution in [0.2, 0.25) is 0 Å². The molecule has 1 saturated carbocycles. The van der Waals surface area contributed by atoms with E-state index in [0.29, 0.717) is 5.92 Å². The van der Waals surface area contributed by atoms with Crippen LogP contribution in [-0.4, -0.2) is 31.1 Å². The Hall–Kier alpha value is -0.420. The minimum Gasteiger partial charge on any atom is -0.314 e. The first kappa shape index (κ1) is 20.6. The normalized spacial score (nSPS) is 21.1. The second-order valence-electron chi connectivity index (χ2n) is 6.30. The second kappa shape index (κ2) is 9.77. The van der Waals surface area contributed by atoms with Gasteiger partial charge in [0.2, 0.25) is 0 Å². The van der Waals surface area contributed by atoms with E-state index in [4.69, 9.17) is 0 Å². The molecule has 0 radical (unpaired) electrons. The number of nitrogens with one attached hydrogen (secondary N) is 1. The monoisotopic (exact) mass is 366 g/mol. The van der Waals surface area contributed by atoms with Crippen molar-refractivity contribution in [2.75, 3.05) is 26.2 Å². The predicted octanol–water partition coefficient (Wildman–Crippen LogP) is 4.34. The van der Waals surface area contributed by atoms with Crippen LogP contribution in [0.3, 0.4) is 0 Å². The Kier molecular flexibility index (Phi) is 8.76. The molecule has 1 saturated heterocycles. The summed E-state index contributed by atoms with van der Waals surface area (Å²) in [5.41, 5.74) is 0.947. The molecule has 2 aliphatic rings. The largest absolute Gasteiger partial charge is 0.314 e. The van der Waals surface area contributed by atoms with Crippen molar-refractivity contribution in [2.24, 2.45) is 5.92 Å². The molecule has 0 bridgehead atoms. The first-order valence-electron chi connectivity index (χ1n) is 8.15. The van der Waals surface area contributed by atoms with Crippen molar-refractivity contribution in [1.82, 2.24) is 10.2 Å². The van der Waals surface area contributed by atoms with Crippen molar-refractivity contribution in [2.45, 2.75) is 38.1 Å². The van der Waals surface area contributed by atoms with Gasteiger partial charge in [-0.3, -0.25) is 4.90 Å². The minimum atomic E-state index is -0.749. The Bertz CT molecular complexity index is 458. The van der Waals surface area contributed by atoms with Crippen molar-refractivity contribution >= 4 is 24.8 Å². The number of nitrogens with zero attached hydrogens (tertiary/aromatic N) is 1. The van der Waals surface area contributed by atoms with Gasteiger partial charge in [0.25, 0.3) is 0 Å². The molecule has 132 valence electrons. The summed E-state index contributed by atoms with van der Waals surface area (Å²) in [7, 11) is 0. The Morgan fingerprint density at radius 2 is 1.61 bits per heavy atom. The number of halogens is 4. The molecule has 1 N–H and O–H groups in total. The molecule has 1 aliphatic carbocycles. The summed E-state index contributed by atoms with van der Waals surface area (Å²) >= 11 is 0. The molecular weight excluding hydrogens is 341 g/mol. The Morgan fingerprint density at radius 1 is 0.957 bits per heavy atom. The van der Waals surface area contributed by atoms with E-state index in [0.717, 1.165) is 31.7 Å². The van der Waals surface area contributed by atoms with Crippen LogP contribution in [0, 0.1) is 17.6 Å². The zero-order valence-corrected chi connectivity index (χ0v) is 14.9. The molecule has 1 aliphatic heterocycles. The Morgan fingerprint density at radius 3 is 2.22 bits per heavy atom. The molecule has 23 heavy (non-hydrogen) atoms. The molecule has 0 spiro atoms. The van der Waals surface area contributed by atoms with Crippen molar-refractivity contribution in [3.63, 3.8) is 0 Å². The highest BCUT2D eigenvalue weighted by molar-refractivity contribution is 5.85. The van der Waals surface area contributed by atoms with Crippen LogP contribution in [0.4, 0.5) is 8.78 Å². The summed E-state index contributed by atoms with van der Waals surface area (Å²) < 4.78 is 26.9.